The van der Waals surface area contributed by atoms with Gasteiger partial charge in [0.1, 0.15) is 12.6 Å². The fraction of sp³-hybridized carbons (Fsp3) is 0.412. The van der Waals surface area contributed by atoms with Crippen molar-refractivity contribution in [1.29, 1.82) is 0 Å². The Hall–Kier alpha value is -4.05. The molecule has 2 amide bonds. The Morgan fingerprint density at radius 2 is 1.50 bits per heavy atom. The zero-order valence-electron chi connectivity index (χ0n) is 26.8. The lowest BCUT2D eigenvalue weighted by atomic mass is 10.1. The van der Waals surface area contributed by atoms with Crippen LogP contribution >= 0.6 is 0 Å². The quantitative estimate of drug-likeness (QED) is 0.247. The average Bonchev–Trinajstić information content (AvgIpc) is 3.00. The third kappa shape index (κ3) is 8.53. The monoisotopic (exact) mass is 623 g/mol. The largest absolute Gasteiger partial charge is 0.493 e. The molecule has 0 radical (unpaired) electrons. The van der Waals surface area contributed by atoms with Gasteiger partial charge in [-0.05, 0) is 81.0 Å². The maximum atomic E-state index is 14.3. The molecule has 0 aliphatic carbocycles. The lowest BCUT2D eigenvalue weighted by molar-refractivity contribution is -0.139. The van der Waals surface area contributed by atoms with Crippen LogP contribution in [0.4, 0.5) is 5.69 Å². The van der Waals surface area contributed by atoms with E-state index in [1.165, 1.54) is 37.3 Å². The van der Waals surface area contributed by atoms with Crippen LogP contribution in [0.15, 0.2) is 71.6 Å². The molecule has 9 nitrogen and oxygen atoms in total. The normalized spacial score (nSPS) is 12.6. The summed E-state index contributed by atoms with van der Waals surface area (Å²) in [5, 5.41) is 3.00. The zero-order valence-corrected chi connectivity index (χ0v) is 27.6. The second kappa shape index (κ2) is 15.6. The first-order valence-corrected chi connectivity index (χ1v) is 16.4. The third-order valence-electron chi connectivity index (χ3n) is 7.59. The van der Waals surface area contributed by atoms with Crippen molar-refractivity contribution < 1.29 is 27.5 Å². The number of anilines is 1. The van der Waals surface area contributed by atoms with Gasteiger partial charge in [-0.2, -0.15) is 0 Å². The smallest absolute Gasteiger partial charge is 0.264 e. The number of carbonyl (C=O) groups is 2. The van der Waals surface area contributed by atoms with Crippen molar-refractivity contribution in [1.82, 2.24) is 10.2 Å². The third-order valence-corrected chi connectivity index (χ3v) is 9.36. The Labute approximate surface area is 262 Å². The summed E-state index contributed by atoms with van der Waals surface area (Å²) in [5.41, 5.74) is 3.05. The van der Waals surface area contributed by atoms with Crippen LogP contribution in [0.2, 0.25) is 0 Å². The standard InChI is InChI=1S/C34H45N3O6S/c1-8-26(5)35-34(39)30(9-2)36(18-17-27-13-11-10-12-14-27)33(38)23-37(28-20-24(3)19-25(4)21-28)44(40,41)29-15-16-31(42-6)32(22-29)43-7/h10-16,19-22,26,30H,8-9,17-18,23H2,1-7H3,(H,35,39)/t26-,30+/m0/s1. The summed E-state index contributed by atoms with van der Waals surface area (Å²) in [6, 6.07) is 18.6. The maximum absolute atomic E-state index is 14.3. The number of ether oxygens (including phenoxy) is 2. The van der Waals surface area contributed by atoms with Gasteiger partial charge in [0.15, 0.2) is 11.5 Å². The molecule has 3 rings (SSSR count). The van der Waals surface area contributed by atoms with Gasteiger partial charge in [0.05, 0.1) is 24.8 Å². The van der Waals surface area contributed by atoms with Gasteiger partial charge in [-0.3, -0.25) is 13.9 Å². The van der Waals surface area contributed by atoms with E-state index in [2.05, 4.69) is 5.32 Å². The number of benzene rings is 3. The summed E-state index contributed by atoms with van der Waals surface area (Å²) in [4.78, 5) is 29.2. The second-order valence-corrected chi connectivity index (χ2v) is 12.8. The summed E-state index contributed by atoms with van der Waals surface area (Å²) in [6.07, 6.45) is 1.62. The number of hydrogen-bond acceptors (Lipinski definition) is 6. The van der Waals surface area contributed by atoms with Crippen LogP contribution in [0, 0.1) is 13.8 Å². The maximum Gasteiger partial charge on any atom is 0.264 e. The van der Waals surface area contributed by atoms with Gasteiger partial charge >= 0.3 is 0 Å². The van der Waals surface area contributed by atoms with Crippen molar-refractivity contribution in [3.63, 3.8) is 0 Å². The van der Waals surface area contributed by atoms with E-state index in [9.17, 15) is 18.0 Å². The molecule has 0 fully saturated rings. The van der Waals surface area contributed by atoms with E-state index in [1.54, 1.807) is 12.1 Å². The number of nitrogens with zero attached hydrogens (tertiary/aromatic N) is 2. The Morgan fingerprint density at radius 1 is 0.864 bits per heavy atom. The molecule has 0 saturated heterocycles. The van der Waals surface area contributed by atoms with E-state index in [-0.39, 0.29) is 29.1 Å². The molecule has 238 valence electrons. The minimum Gasteiger partial charge on any atom is -0.493 e. The van der Waals surface area contributed by atoms with Crippen molar-refractivity contribution in [2.24, 2.45) is 0 Å². The lowest BCUT2D eigenvalue weighted by Gasteiger charge is -2.34. The molecule has 0 aromatic heterocycles. The van der Waals surface area contributed by atoms with Crippen LogP contribution in [-0.2, 0) is 26.0 Å². The topological polar surface area (TPSA) is 105 Å². The van der Waals surface area contributed by atoms with Gasteiger partial charge in [0, 0.05) is 18.7 Å². The summed E-state index contributed by atoms with van der Waals surface area (Å²) < 4.78 is 40.4. The Kier molecular flexibility index (Phi) is 12.2. The zero-order chi connectivity index (χ0) is 32.4. The molecule has 0 saturated carbocycles. The molecule has 0 heterocycles. The number of rotatable bonds is 15. The minimum atomic E-state index is -4.27. The molecular formula is C34H45N3O6S. The Bertz CT molecular complexity index is 1510. The summed E-state index contributed by atoms with van der Waals surface area (Å²) >= 11 is 0. The van der Waals surface area contributed by atoms with E-state index in [0.29, 0.717) is 24.3 Å². The molecule has 0 aliphatic heterocycles. The van der Waals surface area contributed by atoms with Gasteiger partial charge in [0.25, 0.3) is 10.0 Å². The molecule has 0 spiro atoms. The highest BCUT2D eigenvalue weighted by Crippen LogP contribution is 2.33. The molecule has 3 aromatic carbocycles. The number of hydrogen-bond donors (Lipinski definition) is 1. The molecule has 0 unspecified atom stereocenters. The lowest BCUT2D eigenvalue weighted by Crippen LogP contribution is -2.54. The number of methoxy groups -OCH3 is 2. The molecule has 2 atom stereocenters. The molecule has 0 aliphatic rings. The Balaban J connectivity index is 2.09. The highest BCUT2D eigenvalue weighted by Gasteiger charge is 2.34. The predicted molar refractivity (Wildman–Crippen MR) is 174 cm³/mol. The number of sulfonamides is 1. The predicted octanol–water partition coefficient (Wildman–Crippen LogP) is 5.28. The van der Waals surface area contributed by atoms with Gasteiger partial charge in [-0.1, -0.05) is 50.2 Å². The van der Waals surface area contributed by atoms with Gasteiger partial charge in [-0.25, -0.2) is 8.42 Å². The number of amides is 2. The van der Waals surface area contributed by atoms with Crippen LogP contribution < -0.4 is 19.1 Å². The van der Waals surface area contributed by atoms with Crippen LogP contribution in [0.5, 0.6) is 11.5 Å². The first-order chi connectivity index (χ1) is 20.9. The van der Waals surface area contributed by atoms with Crippen molar-refractivity contribution >= 4 is 27.5 Å². The van der Waals surface area contributed by atoms with Crippen molar-refractivity contribution in [3.8, 4) is 11.5 Å². The number of carbonyl (C=O) groups excluding carboxylic acids is 2. The molecule has 3 aromatic rings. The van der Waals surface area contributed by atoms with E-state index in [4.69, 9.17) is 9.47 Å². The number of aryl methyl sites for hydroxylation is 2. The first-order valence-electron chi connectivity index (χ1n) is 14.9. The van der Waals surface area contributed by atoms with Crippen molar-refractivity contribution in [2.75, 3.05) is 31.6 Å². The van der Waals surface area contributed by atoms with Crippen LogP contribution in [-0.4, -0.2) is 64.5 Å². The average molecular weight is 624 g/mol. The fourth-order valence-corrected chi connectivity index (χ4v) is 6.48. The Morgan fingerprint density at radius 3 is 2.07 bits per heavy atom. The van der Waals surface area contributed by atoms with E-state index in [0.717, 1.165) is 27.4 Å². The molecule has 10 heteroatoms. The van der Waals surface area contributed by atoms with E-state index < -0.39 is 28.5 Å². The highest BCUT2D eigenvalue weighted by molar-refractivity contribution is 7.92. The van der Waals surface area contributed by atoms with Gasteiger partial charge in [0.2, 0.25) is 11.8 Å². The first kappa shape index (κ1) is 34.4. The molecule has 0 bridgehead atoms. The van der Waals surface area contributed by atoms with Crippen molar-refractivity contribution in [3.05, 3.63) is 83.4 Å². The van der Waals surface area contributed by atoms with Gasteiger partial charge in [-0.15, -0.1) is 0 Å². The van der Waals surface area contributed by atoms with Crippen LogP contribution in [0.25, 0.3) is 0 Å². The molecule has 44 heavy (non-hydrogen) atoms. The number of nitrogens with one attached hydrogen (secondary N) is 1. The van der Waals surface area contributed by atoms with E-state index >= 15 is 0 Å². The van der Waals surface area contributed by atoms with Crippen molar-refractivity contribution in [2.45, 2.75) is 70.9 Å². The SMILES string of the molecule is CC[C@H](C(=O)N[C@@H](C)CC)N(CCc1ccccc1)C(=O)CN(c1cc(C)cc(C)c1)S(=O)(=O)c1ccc(OC)c(OC)c1. The fourth-order valence-electron chi connectivity index (χ4n) is 5.06. The minimum absolute atomic E-state index is 0.0560. The second-order valence-electron chi connectivity index (χ2n) is 10.9. The summed E-state index contributed by atoms with van der Waals surface area (Å²) in [5.74, 6) is -0.109. The van der Waals surface area contributed by atoms with Crippen LogP contribution in [0.3, 0.4) is 0 Å². The molecule has 1 N–H and O–H groups in total. The van der Waals surface area contributed by atoms with Crippen LogP contribution in [0.1, 0.15) is 50.3 Å². The van der Waals surface area contributed by atoms with Gasteiger partial charge < -0.3 is 19.7 Å². The molecular weight excluding hydrogens is 578 g/mol. The van der Waals surface area contributed by atoms with E-state index in [1.807, 2.05) is 71.0 Å². The highest BCUT2D eigenvalue weighted by atomic mass is 32.2. The summed E-state index contributed by atoms with van der Waals surface area (Å²) in [6.45, 7) is 9.23. The summed E-state index contributed by atoms with van der Waals surface area (Å²) in [7, 11) is -1.37.